The van der Waals surface area contributed by atoms with Gasteiger partial charge in [-0.2, -0.15) is 9.50 Å². The average Bonchev–Trinajstić information content (AvgIpc) is 3.40. The molecule has 0 bridgehead atoms. The number of nitrogens with one attached hydrogen (secondary N) is 1. The number of amides is 1. The van der Waals surface area contributed by atoms with Crippen molar-refractivity contribution in [1.29, 1.82) is 0 Å². The summed E-state index contributed by atoms with van der Waals surface area (Å²) in [6, 6.07) is 18.3. The Morgan fingerprint density at radius 3 is 2.62 bits per heavy atom. The number of hydrogen-bond acceptors (Lipinski definition) is 7. The number of anilines is 1. The molecule has 1 N–H and O–H groups in total. The minimum absolute atomic E-state index is 0.159. The maximum absolute atomic E-state index is 12.9. The molecule has 3 heterocycles. The first kappa shape index (κ1) is 21.5. The van der Waals surface area contributed by atoms with Gasteiger partial charge in [-0.15, -0.1) is 5.10 Å². The van der Waals surface area contributed by atoms with Crippen molar-refractivity contribution >= 4 is 34.0 Å². The lowest BCUT2D eigenvalue weighted by atomic mass is 10.2. The number of benzene rings is 2. The quantitative estimate of drug-likeness (QED) is 0.410. The van der Waals surface area contributed by atoms with Crippen molar-refractivity contribution in [3.8, 4) is 17.1 Å². The Bertz CT molecular complexity index is 1580. The smallest absolute Gasteiger partial charge is 0.291 e. The number of hydrogen-bond donors (Lipinski definition) is 1. The number of carbonyl (C=O) groups is 1. The van der Waals surface area contributed by atoms with Crippen LogP contribution in [0.5, 0.6) is 5.75 Å². The van der Waals surface area contributed by atoms with Crippen molar-refractivity contribution in [3.05, 3.63) is 99.1 Å². The molecule has 8 nitrogen and oxygen atoms in total. The maximum Gasteiger partial charge on any atom is 0.291 e. The number of ether oxygens (including phenoxy) is 1. The van der Waals surface area contributed by atoms with Gasteiger partial charge in [0, 0.05) is 29.2 Å². The molecule has 0 radical (unpaired) electrons. The van der Waals surface area contributed by atoms with Crippen molar-refractivity contribution in [2.24, 2.45) is 0 Å². The van der Waals surface area contributed by atoms with E-state index in [9.17, 15) is 9.59 Å². The van der Waals surface area contributed by atoms with E-state index in [-0.39, 0.29) is 18.1 Å². The summed E-state index contributed by atoms with van der Waals surface area (Å²) < 4.78 is 7.52. The third kappa shape index (κ3) is 4.55. The van der Waals surface area contributed by atoms with Gasteiger partial charge in [-0.05, 0) is 43.3 Å². The highest BCUT2D eigenvalue weighted by molar-refractivity contribution is 7.15. The number of aromatic nitrogens is 4. The molecule has 0 fully saturated rings. The maximum atomic E-state index is 12.9. The van der Waals surface area contributed by atoms with Gasteiger partial charge >= 0.3 is 0 Å². The van der Waals surface area contributed by atoms with Gasteiger partial charge in [0.15, 0.2) is 12.4 Å². The fourth-order valence-electron chi connectivity index (χ4n) is 3.31. The highest BCUT2D eigenvalue weighted by atomic mass is 32.1. The van der Waals surface area contributed by atoms with Crippen LogP contribution < -0.4 is 20.1 Å². The first-order valence-corrected chi connectivity index (χ1v) is 11.3. The van der Waals surface area contributed by atoms with Crippen molar-refractivity contribution in [2.45, 2.75) is 6.92 Å². The average molecular weight is 470 g/mol. The van der Waals surface area contributed by atoms with E-state index in [1.807, 2.05) is 49.4 Å². The summed E-state index contributed by atoms with van der Waals surface area (Å²) in [4.78, 5) is 34.2. The Morgan fingerprint density at radius 1 is 1.09 bits per heavy atom. The zero-order valence-electron chi connectivity index (χ0n) is 18.1. The lowest BCUT2D eigenvalue weighted by Gasteiger charge is -2.09. The summed E-state index contributed by atoms with van der Waals surface area (Å²) in [5.74, 6) is 0.698. The lowest BCUT2D eigenvalue weighted by molar-refractivity contribution is -0.118. The molecule has 0 aliphatic carbocycles. The van der Waals surface area contributed by atoms with E-state index in [1.165, 1.54) is 15.9 Å². The zero-order chi connectivity index (χ0) is 23.5. The van der Waals surface area contributed by atoms with Crippen molar-refractivity contribution in [3.63, 3.8) is 0 Å². The monoisotopic (exact) mass is 469 g/mol. The highest BCUT2D eigenvalue weighted by Crippen LogP contribution is 2.20. The van der Waals surface area contributed by atoms with Crippen LogP contribution in [0, 0.1) is 6.92 Å². The second-order valence-electron chi connectivity index (χ2n) is 7.52. The Labute approximate surface area is 198 Å². The van der Waals surface area contributed by atoms with Crippen molar-refractivity contribution in [1.82, 2.24) is 19.6 Å². The number of nitrogens with zero attached hydrogens (tertiary/aromatic N) is 4. The first-order chi connectivity index (χ1) is 16.6. The molecule has 5 aromatic rings. The van der Waals surface area contributed by atoms with Gasteiger partial charge in [-0.1, -0.05) is 47.2 Å². The minimum atomic E-state index is -0.273. The van der Waals surface area contributed by atoms with Crippen molar-refractivity contribution in [2.75, 3.05) is 11.9 Å². The van der Waals surface area contributed by atoms with Gasteiger partial charge in [-0.25, -0.2) is 0 Å². The molecule has 0 aliphatic heterocycles. The van der Waals surface area contributed by atoms with Crippen LogP contribution in [0.1, 0.15) is 11.1 Å². The van der Waals surface area contributed by atoms with Crippen LogP contribution in [-0.2, 0) is 4.79 Å². The largest absolute Gasteiger partial charge is 0.483 e. The van der Waals surface area contributed by atoms with Crippen LogP contribution in [0.4, 0.5) is 5.69 Å². The van der Waals surface area contributed by atoms with Gasteiger partial charge < -0.3 is 10.1 Å². The van der Waals surface area contributed by atoms with Gasteiger partial charge in [0.1, 0.15) is 5.75 Å². The van der Waals surface area contributed by atoms with E-state index in [2.05, 4.69) is 20.4 Å². The van der Waals surface area contributed by atoms with Crippen LogP contribution in [-0.4, -0.2) is 32.1 Å². The number of para-hydroxylation sites is 1. The molecule has 0 atom stereocenters. The Balaban J connectivity index is 1.36. The highest BCUT2D eigenvalue weighted by Gasteiger charge is 2.13. The molecule has 0 saturated heterocycles. The third-order valence-electron chi connectivity index (χ3n) is 5.02. The summed E-state index contributed by atoms with van der Waals surface area (Å²) in [6.45, 7) is 1.82. The van der Waals surface area contributed by atoms with Crippen LogP contribution in [0.3, 0.4) is 0 Å². The van der Waals surface area contributed by atoms with Crippen LogP contribution in [0.2, 0.25) is 0 Å². The van der Waals surface area contributed by atoms with E-state index < -0.39 is 0 Å². The standard InChI is InChI=1S/C25H19N5O3S/c1-16-6-8-19(9-7-16)27-22(31)15-33-20-5-3-2-4-18(20)14-21-24(32)30-25(34-21)28-23(29-30)17-10-12-26-13-11-17/h2-14H,15H2,1H3,(H,27,31)/b21-14-. The predicted molar refractivity (Wildman–Crippen MR) is 131 cm³/mol. The number of rotatable bonds is 6. The lowest BCUT2D eigenvalue weighted by Crippen LogP contribution is -2.24. The molecule has 5 rings (SSSR count). The Hall–Kier alpha value is -4.37. The number of thiazole rings is 1. The molecular weight excluding hydrogens is 450 g/mol. The summed E-state index contributed by atoms with van der Waals surface area (Å²) in [6.07, 6.45) is 5.03. The van der Waals surface area contributed by atoms with E-state index in [1.54, 1.807) is 36.7 Å². The van der Waals surface area contributed by atoms with Gasteiger partial charge in [-0.3, -0.25) is 14.6 Å². The molecular formula is C25H19N5O3S. The van der Waals surface area contributed by atoms with Crippen LogP contribution in [0.15, 0.2) is 77.9 Å². The van der Waals surface area contributed by atoms with Gasteiger partial charge in [0.05, 0.1) is 4.53 Å². The molecule has 34 heavy (non-hydrogen) atoms. The van der Waals surface area contributed by atoms with Crippen LogP contribution >= 0.6 is 11.3 Å². The molecule has 2 aromatic carbocycles. The van der Waals surface area contributed by atoms with Crippen LogP contribution in [0.25, 0.3) is 22.4 Å². The Morgan fingerprint density at radius 2 is 1.85 bits per heavy atom. The van der Waals surface area contributed by atoms with E-state index >= 15 is 0 Å². The summed E-state index contributed by atoms with van der Waals surface area (Å²) in [7, 11) is 0. The topological polar surface area (TPSA) is 98.5 Å². The number of carbonyl (C=O) groups excluding carboxylic acids is 1. The SMILES string of the molecule is Cc1ccc(NC(=O)COc2ccccc2/C=c2\sc3nc(-c4ccncc4)nn3c2=O)cc1. The zero-order valence-corrected chi connectivity index (χ0v) is 19.0. The Kier molecular flexibility index (Phi) is 5.84. The third-order valence-corrected chi connectivity index (χ3v) is 5.98. The molecule has 0 unspecified atom stereocenters. The molecule has 9 heteroatoms. The number of pyridine rings is 1. The predicted octanol–water partition coefficient (Wildman–Crippen LogP) is 3.09. The van der Waals surface area contributed by atoms with E-state index in [4.69, 9.17) is 4.74 Å². The van der Waals surface area contributed by atoms with E-state index in [0.717, 1.165) is 11.1 Å². The molecule has 0 spiro atoms. The first-order valence-electron chi connectivity index (χ1n) is 10.5. The minimum Gasteiger partial charge on any atom is -0.483 e. The van der Waals surface area contributed by atoms with E-state index in [0.29, 0.717) is 32.3 Å². The molecule has 168 valence electrons. The summed E-state index contributed by atoms with van der Waals surface area (Å²) >= 11 is 1.24. The van der Waals surface area contributed by atoms with Gasteiger partial charge in [0.2, 0.25) is 4.96 Å². The molecule has 0 saturated carbocycles. The fourth-order valence-corrected chi connectivity index (χ4v) is 4.21. The number of fused-ring (bicyclic) bond motifs is 1. The normalized spacial score (nSPS) is 11.6. The summed E-state index contributed by atoms with van der Waals surface area (Å²) in [5.41, 5.74) is 3.02. The second-order valence-corrected chi connectivity index (χ2v) is 8.53. The molecule has 1 amide bonds. The second kappa shape index (κ2) is 9.24. The fraction of sp³-hybridized carbons (Fsp3) is 0.0800. The summed E-state index contributed by atoms with van der Waals surface area (Å²) in [5, 5.41) is 7.15. The van der Waals surface area contributed by atoms with Gasteiger partial charge in [0.25, 0.3) is 11.5 Å². The molecule has 3 aromatic heterocycles. The van der Waals surface area contributed by atoms with Crippen molar-refractivity contribution < 1.29 is 9.53 Å². The number of aryl methyl sites for hydroxylation is 1. The molecule has 0 aliphatic rings.